The van der Waals surface area contributed by atoms with E-state index in [0.29, 0.717) is 42.3 Å². The van der Waals surface area contributed by atoms with Crippen molar-refractivity contribution in [2.45, 2.75) is 50.4 Å². The van der Waals surface area contributed by atoms with Crippen LogP contribution in [-0.4, -0.2) is 20.0 Å². The van der Waals surface area contributed by atoms with Gasteiger partial charge in [0.05, 0.1) is 14.2 Å². The van der Waals surface area contributed by atoms with Gasteiger partial charge in [0.2, 0.25) is 0 Å². The molecular formula is C25H30O3. The van der Waals surface area contributed by atoms with E-state index in [2.05, 4.69) is 24.3 Å². The number of carbonyl (C=O) groups is 1. The third-order valence-corrected chi connectivity index (χ3v) is 6.32. The lowest BCUT2D eigenvalue weighted by Crippen LogP contribution is -2.14. The fraction of sp³-hybridized carbons (Fsp3) is 0.480. The van der Waals surface area contributed by atoms with Crippen molar-refractivity contribution in [2.24, 2.45) is 11.8 Å². The molecule has 4 rings (SSSR count). The van der Waals surface area contributed by atoms with Gasteiger partial charge in [0.1, 0.15) is 17.3 Å². The molecular weight excluding hydrogens is 348 g/mol. The van der Waals surface area contributed by atoms with E-state index >= 15 is 0 Å². The van der Waals surface area contributed by atoms with Crippen LogP contribution in [0.5, 0.6) is 11.5 Å². The molecule has 2 atom stereocenters. The van der Waals surface area contributed by atoms with E-state index in [1.165, 1.54) is 36.8 Å². The van der Waals surface area contributed by atoms with Gasteiger partial charge in [0, 0.05) is 12.8 Å². The Hall–Kier alpha value is -2.29. The molecule has 2 aliphatic rings. The molecule has 2 fully saturated rings. The molecule has 0 spiro atoms. The number of hydrogen-bond donors (Lipinski definition) is 0. The van der Waals surface area contributed by atoms with Crippen LogP contribution in [0.1, 0.15) is 61.5 Å². The van der Waals surface area contributed by atoms with Crippen LogP contribution < -0.4 is 9.47 Å². The number of ether oxygens (including phenoxy) is 2. The van der Waals surface area contributed by atoms with Gasteiger partial charge in [0.15, 0.2) is 0 Å². The van der Waals surface area contributed by atoms with E-state index in [9.17, 15) is 4.79 Å². The molecule has 0 unspecified atom stereocenters. The summed E-state index contributed by atoms with van der Waals surface area (Å²) in [4.78, 5) is 13.1. The molecule has 2 saturated carbocycles. The number of benzene rings is 2. The van der Waals surface area contributed by atoms with Crippen LogP contribution in [0.2, 0.25) is 0 Å². The Morgan fingerprint density at radius 1 is 0.821 bits per heavy atom. The van der Waals surface area contributed by atoms with Crippen molar-refractivity contribution in [3.05, 3.63) is 59.7 Å². The fourth-order valence-corrected chi connectivity index (χ4v) is 4.43. The molecule has 0 aromatic heterocycles. The second-order valence-corrected chi connectivity index (χ2v) is 8.39. The van der Waals surface area contributed by atoms with Crippen LogP contribution in [0.25, 0.3) is 0 Å². The molecule has 0 heterocycles. The number of hydrogen-bond acceptors (Lipinski definition) is 3. The molecule has 0 saturated heterocycles. The van der Waals surface area contributed by atoms with Gasteiger partial charge < -0.3 is 9.47 Å². The monoisotopic (exact) mass is 378 g/mol. The van der Waals surface area contributed by atoms with Gasteiger partial charge >= 0.3 is 0 Å². The summed E-state index contributed by atoms with van der Waals surface area (Å²) < 4.78 is 10.8. The number of ketones is 1. The highest BCUT2D eigenvalue weighted by Crippen LogP contribution is 2.48. The highest BCUT2D eigenvalue weighted by Gasteiger charge is 2.37. The minimum atomic E-state index is 0.327. The van der Waals surface area contributed by atoms with Crippen LogP contribution in [0, 0.1) is 11.8 Å². The molecule has 28 heavy (non-hydrogen) atoms. The number of carbonyl (C=O) groups excluding carboxylic acids is 1. The first-order valence-corrected chi connectivity index (χ1v) is 10.5. The first-order valence-electron chi connectivity index (χ1n) is 10.5. The van der Waals surface area contributed by atoms with E-state index in [1.54, 1.807) is 14.2 Å². The van der Waals surface area contributed by atoms with Gasteiger partial charge in [-0.3, -0.25) is 4.79 Å². The molecule has 0 amide bonds. The minimum Gasteiger partial charge on any atom is -0.497 e. The van der Waals surface area contributed by atoms with Crippen molar-refractivity contribution in [1.29, 1.82) is 0 Å². The second kappa shape index (κ2) is 8.38. The van der Waals surface area contributed by atoms with Crippen molar-refractivity contribution in [3.63, 3.8) is 0 Å². The normalized spacial score (nSPS) is 18.4. The third-order valence-electron chi connectivity index (χ3n) is 6.32. The summed E-state index contributed by atoms with van der Waals surface area (Å²) in [5.41, 5.74) is 2.50. The Morgan fingerprint density at radius 3 is 1.61 bits per heavy atom. The van der Waals surface area contributed by atoms with E-state index < -0.39 is 0 Å². The summed E-state index contributed by atoms with van der Waals surface area (Å²) >= 11 is 0. The van der Waals surface area contributed by atoms with Gasteiger partial charge in [0.25, 0.3) is 0 Å². The Labute approximate surface area is 168 Å². The van der Waals surface area contributed by atoms with Crippen molar-refractivity contribution < 1.29 is 14.3 Å². The number of methoxy groups -OCH3 is 2. The summed E-state index contributed by atoms with van der Waals surface area (Å²) in [6.07, 6.45) is 6.22. The Bertz CT molecular complexity index is 753. The van der Waals surface area contributed by atoms with Crippen molar-refractivity contribution in [2.75, 3.05) is 14.2 Å². The van der Waals surface area contributed by atoms with Crippen LogP contribution >= 0.6 is 0 Å². The van der Waals surface area contributed by atoms with Gasteiger partial charge in [-0.05, 0) is 84.7 Å². The highest BCUT2D eigenvalue weighted by atomic mass is 16.5. The maximum absolute atomic E-state index is 13.1. The maximum atomic E-state index is 13.1. The van der Waals surface area contributed by atoms with Crippen LogP contribution in [0.15, 0.2) is 48.5 Å². The van der Waals surface area contributed by atoms with Gasteiger partial charge in [-0.15, -0.1) is 0 Å². The first-order chi connectivity index (χ1) is 13.7. The van der Waals surface area contributed by atoms with Crippen LogP contribution in [-0.2, 0) is 4.79 Å². The predicted molar refractivity (Wildman–Crippen MR) is 111 cm³/mol. The lowest BCUT2D eigenvalue weighted by molar-refractivity contribution is -0.120. The van der Waals surface area contributed by atoms with E-state index in [-0.39, 0.29) is 0 Å². The Kier molecular flexibility index (Phi) is 5.70. The molecule has 148 valence electrons. The summed E-state index contributed by atoms with van der Waals surface area (Å²) in [5, 5.41) is 0. The van der Waals surface area contributed by atoms with Crippen molar-refractivity contribution in [1.82, 2.24) is 0 Å². The zero-order chi connectivity index (χ0) is 19.5. The minimum absolute atomic E-state index is 0.327. The third kappa shape index (κ3) is 4.57. The van der Waals surface area contributed by atoms with Crippen molar-refractivity contribution in [3.8, 4) is 11.5 Å². The fourth-order valence-electron chi connectivity index (χ4n) is 4.43. The predicted octanol–water partition coefficient (Wildman–Crippen LogP) is 5.74. The molecule has 2 aliphatic carbocycles. The van der Waals surface area contributed by atoms with Gasteiger partial charge in [-0.1, -0.05) is 24.3 Å². The summed E-state index contributed by atoms with van der Waals surface area (Å²) in [5.74, 6) is 4.09. The summed E-state index contributed by atoms with van der Waals surface area (Å²) in [6.45, 7) is 0. The highest BCUT2D eigenvalue weighted by molar-refractivity contribution is 5.80. The van der Waals surface area contributed by atoms with Gasteiger partial charge in [-0.2, -0.15) is 0 Å². The Morgan fingerprint density at radius 2 is 1.25 bits per heavy atom. The first kappa shape index (κ1) is 19.0. The smallest absolute Gasteiger partial charge is 0.134 e. The topological polar surface area (TPSA) is 35.5 Å². The van der Waals surface area contributed by atoms with E-state index in [1.807, 2.05) is 24.3 Å². The summed E-state index contributed by atoms with van der Waals surface area (Å²) in [7, 11) is 3.40. The largest absolute Gasteiger partial charge is 0.497 e. The van der Waals surface area contributed by atoms with Crippen LogP contribution in [0.3, 0.4) is 0 Å². The molecule has 2 aromatic rings. The Balaban J connectivity index is 1.47. The van der Waals surface area contributed by atoms with Gasteiger partial charge in [-0.25, -0.2) is 0 Å². The van der Waals surface area contributed by atoms with E-state index in [0.717, 1.165) is 11.5 Å². The molecule has 2 aromatic carbocycles. The molecule has 0 radical (unpaired) electrons. The average Bonchev–Trinajstić information content (AvgIpc) is 3.63. The maximum Gasteiger partial charge on any atom is 0.134 e. The second-order valence-electron chi connectivity index (χ2n) is 8.39. The molecule has 3 nitrogen and oxygen atoms in total. The average molecular weight is 379 g/mol. The molecule has 0 N–H and O–H groups in total. The number of Topliss-reactive ketones (excluding diaryl/α,β-unsaturated/α-hetero) is 1. The zero-order valence-corrected chi connectivity index (χ0v) is 16.9. The molecule has 3 heteroatoms. The number of rotatable bonds is 10. The SMILES string of the molecule is COc1cccc([C@@H](CC(=O)C[C@@H](c2cccc(OC)c2)C2CC2)C2CC2)c1. The lowest BCUT2D eigenvalue weighted by Gasteiger charge is -2.20. The zero-order valence-electron chi connectivity index (χ0n) is 16.9. The molecule has 0 aliphatic heterocycles. The lowest BCUT2D eigenvalue weighted by atomic mass is 9.84. The van der Waals surface area contributed by atoms with Crippen molar-refractivity contribution >= 4 is 5.78 Å². The quantitative estimate of drug-likeness (QED) is 0.529. The van der Waals surface area contributed by atoms with E-state index in [4.69, 9.17) is 9.47 Å². The van der Waals surface area contributed by atoms with Crippen LogP contribution in [0.4, 0.5) is 0 Å². The molecule has 0 bridgehead atoms. The standard InChI is InChI=1S/C25H30O3/c1-27-22-7-3-5-19(13-22)24(17-9-10-17)15-21(26)16-25(18-11-12-18)20-6-4-8-23(14-20)28-2/h3-8,13-14,17-18,24-25H,9-12,15-16H2,1-2H3/t24-,25+. The summed E-state index contributed by atoms with van der Waals surface area (Å²) in [6, 6.07) is 16.5.